The molecule has 1 aromatic rings. The molecule has 0 saturated carbocycles. The van der Waals surface area contributed by atoms with Crippen LogP contribution in [0.5, 0.6) is 0 Å². The van der Waals surface area contributed by atoms with Crippen LogP contribution in [0.25, 0.3) is 0 Å². The highest BCUT2D eigenvalue weighted by atomic mass is 16.4. The summed E-state index contributed by atoms with van der Waals surface area (Å²) >= 11 is 0. The van der Waals surface area contributed by atoms with Gasteiger partial charge in [0.2, 0.25) is 5.91 Å². The number of rotatable bonds is 6. The van der Waals surface area contributed by atoms with Crippen molar-refractivity contribution in [3.05, 3.63) is 30.1 Å². The quantitative estimate of drug-likeness (QED) is 0.777. The van der Waals surface area contributed by atoms with E-state index in [-0.39, 0.29) is 12.3 Å². The van der Waals surface area contributed by atoms with Crippen molar-refractivity contribution in [3.63, 3.8) is 0 Å². The van der Waals surface area contributed by atoms with Gasteiger partial charge in [-0.15, -0.1) is 0 Å². The van der Waals surface area contributed by atoms with Gasteiger partial charge in [-0.2, -0.15) is 0 Å². The van der Waals surface area contributed by atoms with E-state index in [0.29, 0.717) is 12.1 Å². The largest absolute Gasteiger partial charge is 0.481 e. The second kappa shape index (κ2) is 6.62. The molecule has 92 valence electrons. The van der Waals surface area contributed by atoms with Crippen LogP contribution in [0.3, 0.4) is 0 Å². The van der Waals surface area contributed by atoms with Crippen LogP contribution in [-0.2, 0) is 9.59 Å². The van der Waals surface area contributed by atoms with E-state index in [0.717, 1.165) is 6.42 Å². The maximum atomic E-state index is 11.8. The first-order valence-corrected chi connectivity index (χ1v) is 5.54. The number of carbonyl (C=O) groups excluding carboxylic acids is 1. The van der Waals surface area contributed by atoms with Crippen LogP contribution in [0.4, 0.5) is 0 Å². The van der Waals surface area contributed by atoms with E-state index in [1.54, 1.807) is 18.3 Å². The molecule has 5 nitrogen and oxygen atoms in total. The molecule has 1 unspecified atom stereocenters. The minimum Gasteiger partial charge on any atom is -0.481 e. The summed E-state index contributed by atoms with van der Waals surface area (Å²) in [5, 5.41) is 11.5. The third-order valence-electron chi connectivity index (χ3n) is 2.33. The van der Waals surface area contributed by atoms with E-state index in [1.165, 1.54) is 6.20 Å². The third kappa shape index (κ3) is 4.22. The van der Waals surface area contributed by atoms with Crippen LogP contribution in [0.15, 0.2) is 24.5 Å². The van der Waals surface area contributed by atoms with Gasteiger partial charge >= 0.3 is 5.97 Å². The summed E-state index contributed by atoms with van der Waals surface area (Å²) in [5.74, 6) is -1.93. The molecular formula is C12H16N2O3. The number of hydrogen-bond acceptors (Lipinski definition) is 3. The first-order valence-electron chi connectivity index (χ1n) is 5.54. The standard InChI is InChI=1S/C12H16N2O3/c1-2-5-14-12(17)10(7-11(15)16)9-4-3-6-13-8-9/h3-4,6,8,10H,2,5,7H2,1H3,(H,14,17)(H,15,16). The Morgan fingerprint density at radius 3 is 2.82 bits per heavy atom. The molecule has 2 N–H and O–H groups in total. The number of pyridine rings is 1. The van der Waals surface area contributed by atoms with Crippen molar-refractivity contribution in [1.29, 1.82) is 0 Å². The Hall–Kier alpha value is -1.91. The molecule has 1 rings (SSSR count). The SMILES string of the molecule is CCCNC(=O)C(CC(=O)O)c1cccnc1. The zero-order valence-electron chi connectivity index (χ0n) is 9.72. The summed E-state index contributed by atoms with van der Waals surface area (Å²) in [4.78, 5) is 26.5. The van der Waals surface area contributed by atoms with Gasteiger partial charge in [-0.05, 0) is 18.1 Å². The fraction of sp³-hybridized carbons (Fsp3) is 0.417. The van der Waals surface area contributed by atoms with E-state index in [2.05, 4.69) is 10.3 Å². The van der Waals surface area contributed by atoms with Gasteiger partial charge in [-0.3, -0.25) is 14.6 Å². The van der Waals surface area contributed by atoms with E-state index >= 15 is 0 Å². The highest BCUT2D eigenvalue weighted by Crippen LogP contribution is 2.18. The number of nitrogens with zero attached hydrogens (tertiary/aromatic N) is 1. The minimum atomic E-state index is -0.995. The number of carboxylic acid groups (broad SMARTS) is 1. The zero-order valence-corrected chi connectivity index (χ0v) is 9.72. The monoisotopic (exact) mass is 236 g/mol. The summed E-state index contributed by atoms with van der Waals surface area (Å²) in [6, 6.07) is 3.41. The third-order valence-corrected chi connectivity index (χ3v) is 2.33. The number of nitrogens with one attached hydrogen (secondary N) is 1. The summed E-state index contributed by atoms with van der Waals surface area (Å²) in [7, 11) is 0. The van der Waals surface area contributed by atoms with E-state index < -0.39 is 11.9 Å². The molecule has 0 saturated heterocycles. The van der Waals surface area contributed by atoms with Crippen LogP contribution in [0.2, 0.25) is 0 Å². The molecule has 1 heterocycles. The van der Waals surface area contributed by atoms with Gasteiger partial charge in [-0.1, -0.05) is 13.0 Å². The van der Waals surface area contributed by atoms with Gasteiger partial charge in [0.25, 0.3) is 0 Å². The molecule has 0 bridgehead atoms. The van der Waals surface area contributed by atoms with Gasteiger partial charge < -0.3 is 10.4 Å². The summed E-state index contributed by atoms with van der Waals surface area (Å²) in [6.45, 7) is 2.49. The van der Waals surface area contributed by atoms with Crippen molar-refractivity contribution in [1.82, 2.24) is 10.3 Å². The van der Waals surface area contributed by atoms with Crippen molar-refractivity contribution in [2.45, 2.75) is 25.7 Å². The number of carboxylic acids is 1. The lowest BCUT2D eigenvalue weighted by Gasteiger charge is -2.14. The Kier molecular flexibility index (Phi) is 5.13. The lowest BCUT2D eigenvalue weighted by Crippen LogP contribution is -2.31. The Morgan fingerprint density at radius 2 is 2.29 bits per heavy atom. The van der Waals surface area contributed by atoms with Gasteiger partial charge in [-0.25, -0.2) is 0 Å². The van der Waals surface area contributed by atoms with Crippen LogP contribution in [0.1, 0.15) is 31.2 Å². The van der Waals surface area contributed by atoms with Gasteiger partial charge in [0.15, 0.2) is 0 Å². The summed E-state index contributed by atoms with van der Waals surface area (Å²) < 4.78 is 0. The average molecular weight is 236 g/mol. The molecule has 0 spiro atoms. The molecule has 0 aliphatic heterocycles. The molecular weight excluding hydrogens is 220 g/mol. The van der Waals surface area contributed by atoms with Gasteiger partial charge in [0.05, 0.1) is 12.3 Å². The molecule has 0 aliphatic carbocycles. The molecule has 0 radical (unpaired) electrons. The molecule has 1 atom stereocenters. The van der Waals surface area contributed by atoms with Crippen molar-refractivity contribution >= 4 is 11.9 Å². The van der Waals surface area contributed by atoms with Crippen molar-refractivity contribution in [3.8, 4) is 0 Å². The summed E-state index contributed by atoms with van der Waals surface area (Å²) in [6.07, 6.45) is 3.71. The normalized spacial score (nSPS) is 11.8. The maximum absolute atomic E-state index is 11.8. The fourth-order valence-corrected chi connectivity index (χ4v) is 1.49. The molecule has 0 aromatic carbocycles. The van der Waals surface area contributed by atoms with Crippen LogP contribution >= 0.6 is 0 Å². The second-order valence-electron chi connectivity index (χ2n) is 3.73. The molecule has 1 aromatic heterocycles. The fourth-order valence-electron chi connectivity index (χ4n) is 1.49. The minimum absolute atomic E-state index is 0.221. The van der Waals surface area contributed by atoms with Crippen molar-refractivity contribution in [2.24, 2.45) is 0 Å². The Balaban J connectivity index is 2.80. The number of carbonyl (C=O) groups is 2. The summed E-state index contributed by atoms with van der Waals surface area (Å²) in [5.41, 5.74) is 0.628. The molecule has 1 amide bonds. The molecule has 0 aliphatic rings. The van der Waals surface area contributed by atoms with Crippen LogP contribution < -0.4 is 5.32 Å². The number of amides is 1. The lowest BCUT2D eigenvalue weighted by molar-refractivity contribution is -0.139. The lowest BCUT2D eigenvalue weighted by atomic mass is 9.96. The average Bonchev–Trinajstić information content (AvgIpc) is 2.34. The van der Waals surface area contributed by atoms with E-state index in [1.807, 2.05) is 6.92 Å². The van der Waals surface area contributed by atoms with Crippen molar-refractivity contribution in [2.75, 3.05) is 6.54 Å². The highest BCUT2D eigenvalue weighted by molar-refractivity contribution is 5.87. The predicted molar refractivity (Wildman–Crippen MR) is 62.5 cm³/mol. The van der Waals surface area contributed by atoms with E-state index in [9.17, 15) is 9.59 Å². The van der Waals surface area contributed by atoms with E-state index in [4.69, 9.17) is 5.11 Å². The second-order valence-corrected chi connectivity index (χ2v) is 3.73. The Bertz CT molecular complexity index is 379. The highest BCUT2D eigenvalue weighted by Gasteiger charge is 2.23. The Morgan fingerprint density at radius 1 is 1.53 bits per heavy atom. The smallest absolute Gasteiger partial charge is 0.304 e. The first-order chi connectivity index (χ1) is 8.15. The topological polar surface area (TPSA) is 79.3 Å². The number of hydrogen-bond donors (Lipinski definition) is 2. The molecule has 5 heteroatoms. The van der Waals surface area contributed by atoms with Gasteiger partial charge in [0.1, 0.15) is 0 Å². The van der Waals surface area contributed by atoms with Crippen LogP contribution in [-0.4, -0.2) is 28.5 Å². The van der Waals surface area contributed by atoms with Gasteiger partial charge in [0, 0.05) is 18.9 Å². The van der Waals surface area contributed by atoms with Crippen molar-refractivity contribution < 1.29 is 14.7 Å². The Labute approximate surface area is 99.9 Å². The molecule has 0 fully saturated rings. The number of aliphatic carboxylic acids is 1. The molecule has 17 heavy (non-hydrogen) atoms. The van der Waals surface area contributed by atoms with Crippen LogP contribution in [0, 0.1) is 0 Å². The first kappa shape index (κ1) is 13.2. The zero-order chi connectivity index (χ0) is 12.7. The number of aromatic nitrogens is 1. The predicted octanol–water partition coefficient (Wildman–Crippen LogP) is 1.17. The maximum Gasteiger partial charge on any atom is 0.304 e.